The standard InChI is InChI=1S/C10H13IN2/c1-4-6-10(13-5-2)9(12-3)7-8-11/h4-8H,3H2,1-2H3/b6-4-,8-7+,10-9-,13-5-. The summed E-state index contributed by atoms with van der Waals surface area (Å²) in [5.41, 5.74) is 1.61. The van der Waals surface area contributed by atoms with Crippen LogP contribution in [0.15, 0.2) is 43.7 Å². The minimum atomic E-state index is 0.783. The van der Waals surface area contributed by atoms with Crippen LogP contribution in [0.3, 0.4) is 0 Å². The number of aliphatic imine (C=N–C) groups is 2. The first-order valence-electron chi connectivity index (χ1n) is 3.89. The highest BCUT2D eigenvalue weighted by Gasteiger charge is 1.94. The van der Waals surface area contributed by atoms with Crippen molar-refractivity contribution >= 4 is 35.5 Å². The minimum Gasteiger partial charge on any atom is -0.262 e. The molecule has 0 radical (unpaired) electrons. The lowest BCUT2D eigenvalue weighted by molar-refractivity contribution is 1.28. The second-order valence-electron chi connectivity index (χ2n) is 2.11. The number of hydrogen-bond acceptors (Lipinski definition) is 2. The van der Waals surface area contributed by atoms with Crippen molar-refractivity contribution in [3.05, 3.63) is 33.7 Å². The topological polar surface area (TPSA) is 24.7 Å². The van der Waals surface area contributed by atoms with E-state index in [4.69, 9.17) is 0 Å². The van der Waals surface area contributed by atoms with Gasteiger partial charge >= 0.3 is 0 Å². The molecule has 0 atom stereocenters. The molecule has 0 aliphatic heterocycles. The van der Waals surface area contributed by atoms with Gasteiger partial charge in [0.05, 0.1) is 11.4 Å². The van der Waals surface area contributed by atoms with E-state index in [2.05, 4.69) is 39.3 Å². The van der Waals surface area contributed by atoms with Crippen molar-refractivity contribution in [1.29, 1.82) is 0 Å². The summed E-state index contributed by atoms with van der Waals surface area (Å²) in [6.07, 6.45) is 7.44. The summed E-state index contributed by atoms with van der Waals surface area (Å²) >= 11 is 2.14. The lowest BCUT2D eigenvalue weighted by Gasteiger charge is -1.97. The molecule has 0 amide bonds. The second kappa shape index (κ2) is 7.91. The Morgan fingerprint density at radius 2 is 1.92 bits per heavy atom. The van der Waals surface area contributed by atoms with Crippen LogP contribution in [0.2, 0.25) is 0 Å². The molecule has 0 N–H and O–H groups in total. The number of allylic oxidation sites excluding steroid dienone is 3. The average Bonchev–Trinajstić information content (AvgIpc) is 2.14. The Labute approximate surface area is 93.0 Å². The molecule has 3 heteroatoms. The molecule has 0 bridgehead atoms. The van der Waals surface area contributed by atoms with Crippen molar-refractivity contribution in [3.63, 3.8) is 0 Å². The van der Waals surface area contributed by atoms with Crippen molar-refractivity contribution in [2.24, 2.45) is 9.98 Å². The maximum Gasteiger partial charge on any atom is 0.0883 e. The van der Waals surface area contributed by atoms with E-state index in [1.54, 1.807) is 6.21 Å². The van der Waals surface area contributed by atoms with Crippen LogP contribution >= 0.6 is 22.6 Å². The molecule has 0 aliphatic rings. The summed E-state index contributed by atoms with van der Waals surface area (Å²) < 4.78 is 1.89. The average molecular weight is 288 g/mol. The maximum atomic E-state index is 4.18. The van der Waals surface area contributed by atoms with E-state index < -0.39 is 0 Å². The Morgan fingerprint density at radius 3 is 2.31 bits per heavy atom. The molecule has 0 aromatic carbocycles. The predicted octanol–water partition coefficient (Wildman–Crippen LogP) is 3.51. The summed E-state index contributed by atoms with van der Waals surface area (Å²) in [6.45, 7) is 7.31. The molecule has 0 aromatic rings. The molecule has 2 nitrogen and oxygen atoms in total. The highest BCUT2D eigenvalue weighted by molar-refractivity contribution is 14.1. The van der Waals surface area contributed by atoms with E-state index in [-0.39, 0.29) is 0 Å². The van der Waals surface area contributed by atoms with Gasteiger partial charge in [0.25, 0.3) is 0 Å². The fourth-order valence-corrected chi connectivity index (χ4v) is 1.11. The van der Waals surface area contributed by atoms with Crippen LogP contribution in [0.5, 0.6) is 0 Å². The van der Waals surface area contributed by atoms with Crippen molar-refractivity contribution < 1.29 is 0 Å². The van der Waals surface area contributed by atoms with Gasteiger partial charge in [-0.05, 0) is 36.8 Å². The van der Waals surface area contributed by atoms with E-state index >= 15 is 0 Å². The van der Waals surface area contributed by atoms with E-state index in [1.165, 1.54) is 0 Å². The minimum absolute atomic E-state index is 0.783. The van der Waals surface area contributed by atoms with E-state index in [0.717, 1.165) is 11.4 Å². The van der Waals surface area contributed by atoms with Gasteiger partial charge in [0.1, 0.15) is 0 Å². The first-order chi connectivity index (χ1) is 6.29. The lowest BCUT2D eigenvalue weighted by atomic mass is 10.3. The predicted molar refractivity (Wildman–Crippen MR) is 68.7 cm³/mol. The molecular weight excluding hydrogens is 275 g/mol. The zero-order valence-electron chi connectivity index (χ0n) is 7.87. The summed E-state index contributed by atoms with van der Waals surface area (Å²) in [6, 6.07) is 0. The fourth-order valence-electron chi connectivity index (χ4n) is 0.770. The third-order valence-corrected chi connectivity index (χ3v) is 1.61. The number of nitrogens with zero attached hydrogens (tertiary/aromatic N) is 2. The molecule has 0 aromatic heterocycles. The number of rotatable bonds is 4. The molecule has 0 aliphatic carbocycles. The summed E-state index contributed by atoms with van der Waals surface area (Å²) in [5.74, 6) is 0. The van der Waals surface area contributed by atoms with Crippen LogP contribution < -0.4 is 0 Å². The third-order valence-electron chi connectivity index (χ3n) is 1.25. The van der Waals surface area contributed by atoms with Gasteiger partial charge in [0, 0.05) is 6.21 Å². The first-order valence-corrected chi connectivity index (χ1v) is 5.13. The van der Waals surface area contributed by atoms with Gasteiger partial charge < -0.3 is 0 Å². The molecule has 0 fully saturated rings. The van der Waals surface area contributed by atoms with Crippen molar-refractivity contribution in [1.82, 2.24) is 0 Å². The normalized spacial score (nSPS) is 14.4. The lowest BCUT2D eigenvalue weighted by Crippen LogP contribution is -1.80. The summed E-state index contributed by atoms with van der Waals surface area (Å²) in [7, 11) is 0. The van der Waals surface area contributed by atoms with Gasteiger partial charge in [-0.2, -0.15) is 0 Å². The first kappa shape index (κ1) is 12.3. The number of halogens is 1. The molecular formula is C10H13IN2. The molecule has 0 heterocycles. The zero-order valence-corrected chi connectivity index (χ0v) is 10.0. The summed E-state index contributed by atoms with van der Waals surface area (Å²) in [4.78, 5) is 8.07. The SMILES string of the molecule is C=NC(/C=C/I)=C(/C=C\C)\N=C/C. The highest BCUT2D eigenvalue weighted by Crippen LogP contribution is 2.11. The Hall–Kier alpha value is -0.710. The zero-order chi connectivity index (χ0) is 10.1. The molecule has 0 rings (SSSR count). The van der Waals surface area contributed by atoms with Crippen molar-refractivity contribution in [2.45, 2.75) is 13.8 Å². The second-order valence-corrected chi connectivity index (χ2v) is 2.83. The van der Waals surface area contributed by atoms with E-state index in [9.17, 15) is 0 Å². The van der Waals surface area contributed by atoms with Gasteiger partial charge in [0.15, 0.2) is 0 Å². The largest absolute Gasteiger partial charge is 0.262 e. The quantitative estimate of drug-likeness (QED) is 0.429. The van der Waals surface area contributed by atoms with Gasteiger partial charge in [0.2, 0.25) is 0 Å². The molecule has 0 spiro atoms. The van der Waals surface area contributed by atoms with Crippen LogP contribution in [0.4, 0.5) is 0 Å². The van der Waals surface area contributed by atoms with Gasteiger partial charge in [-0.15, -0.1) is 0 Å². The van der Waals surface area contributed by atoms with E-state index in [0.29, 0.717) is 0 Å². The third kappa shape index (κ3) is 4.77. The molecule has 0 unspecified atom stereocenters. The Balaban J connectivity index is 5.10. The molecule has 70 valence electrons. The van der Waals surface area contributed by atoms with Gasteiger partial charge in [-0.1, -0.05) is 28.7 Å². The molecule has 0 saturated carbocycles. The number of hydrogen-bond donors (Lipinski definition) is 0. The highest BCUT2D eigenvalue weighted by atomic mass is 127. The monoisotopic (exact) mass is 288 g/mol. The van der Waals surface area contributed by atoms with E-state index in [1.807, 2.05) is 36.2 Å². The smallest absolute Gasteiger partial charge is 0.0883 e. The van der Waals surface area contributed by atoms with Crippen molar-refractivity contribution in [2.75, 3.05) is 0 Å². The molecule has 13 heavy (non-hydrogen) atoms. The van der Waals surface area contributed by atoms with Crippen LogP contribution in [0.1, 0.15) is 13.8 Å². The van der Waals surface area contributed by atoms with Crippen molar-refractivity contribution in [3.8, 4) is 0 Å². The molecule has 0 saturated heterocycles. The Bertz CT molecular complexity index is 259. The summed E-state index contributed by atoms with van der Waals surface area (Å²) in [5, 5.41) is 0. The van der Waals surface area contributed by atoms with Crippen LogP contribution in [-0.2, 0) is 0 Å². The Kier molecular flexibility index (Phi) is 7.48. The van der Waals surface area contributed by atoms with Crippen LogP contribution in [0, 0.1) is 0 Å². The van der Waals surface area contributed by atoms with Crippen LogP contribution in [0.25, 0.3) is 0 Å². The fraction of sp³-hybridized carbons (Fsp3) is 0.200. The maximum absolute atomic E-state index is 4.18. The Morgan fingerprint density at radius 1 is 1.23 bits per heavy atom. The van der Waals surface area contributed by atoms with Gasteiger partial charge in [-0.25, -0.2) is 0 Å². The van der Waals surface area contributed by atoms with Gasteiger partial charge in [-0.3, -0.25) is 9.98 Å². The van der Waals surface area contributed by atoms with Crippen LogP contribution in [-0.4, -0.2) is 12.9 Å².